The molecule has 1 amide bonds. The number of nitriles is 1. The third-order valence-electron chi connectivity index (χ3n) is 5.33. The number of carbonyl (C=O) groups is 1. The van der Waals surface area contributed by atoms with Crippen LogP contribution in [0, 0.1) is 17.9 Å². The fourth-order valence-corrected chi connectivity index (χ4v) is 3.86. The largest absolute Gasteiger partial charge is 0.354 e. The van der Waals surface area contributed by atoms with Gasteiger partial charge in [0.15, 0.2) is 0 Å². The summed E-state index contributed by atoms with van der Waals surface area (Å²) in [7, 11) is 1.78. The van der Waals surface area contributed by atoms with Gasteiger partial charge in [-0.3, -0.25) is 10.1 Å². The molecule has 4 aromatic rings. The highest BCUT2D eigenvalue weighted by atomic mass is 16.2. The Bertz CT molecular complexity index is 1370. The van der Waals surface area contributed by atoms with Gasteiger partial charge in [-0.25, -0.2) is 9.94 Å². The first-order valence-electron chi connectivity index (χ1n) is 9.94. The predicted octanol–water partition coefficient (Wildman–Crippen LogP) is 4.71. The third kappa shape index (κ3) is 3.51. The smallest absolute Gasteiger partial charge is 0.273 e. The Balaban J connectivity index is 1.83. The van der Waals surface area contributed by atoms with Gasteiger partial charge in [0.25, 0.3) is 5.91 Å². The van der Waals surface area contributed by atoms with E-state index in [-0.39, 0.29) is 11.9 Å². The molecule has 0 saturated heterocycles. The standard InChI is InChI=1S/C24H19N7O/c1-4-19-21(26-2)20(22(31(19)3)23(32)29-24-27-14-28-30-24)16-11-9-15(10-12-16)18-8-6-5-7-17(18)13-25/h5-12,14H,4H2,1,3H3,(H2,27,28,29,30,32). The normalized spacial score (nSPS) is 10.4. The molecule has 0 aliphatic rings. The number of carbonyl (C=O) groups excluding carboxylic acids is 1. The number of H-pyrrole nitrogens is 1. The van der Waals surface area contributed by atoms with E-state index < -0.39 is 0 Å². The molecule has 8 nitrogen and oxygen atoms in total. The lowest BCUT2D eigenvalue weighted by Crippen LogP contribution is -2.18. The van der Waals surface area contributed by atoms with Gasteiger partial charge in [-0.2, -0.15) is 15.3 Å². The summed E-state index contributed by atoms with van der Waals surface area (Å²) in [5.74, 6) is -0.157. The zero-order chi connectivity index (χ0) is 22.7. The summed E-state index contributed by atoms with van der Waals surface area (Å²) in [5.41, 5.74) is 5.20. The molecule has 2 aromatic carbocycles. The summed E-state index contributed by atoms with van der Waals surface area (Å²) >= 11 is 0. The second-order valence-corrected chi connectivity index (χ2v) is 7.07. The highest BCUT2D eigenvalue weighted by Gasteiger charge is 2.26. The maximum Gasteiger partial charge on any atom is 0.273 e. The van der Waals surface area contributed by atoms with Crippen LogP contribution in [0.2, 0.25) is 0 Å². The van der Waals surface area contributed by atoms with E-state index in [0.717, 1.165) is 22.4 Å². The topological polar surface area (TPSA) is 104 Å². The molecule has 156 valence electrons. The van der Waals surface area contributed by atoms with Crippen LogP contribution in [0.5, 0.6) is 0 Å². The highest BCUT2D eigenvalue weighted by Crippen LogP contribution is 2.40. The number of aromatic amines is 1. The van der Waals surface area contributed by atoms with Gasteiger partial charge in [-0.15, -0.1) is 0 Å². The van der Waals surface area contributed by atoms with Crippen molar-refractivity contribution in [2.24, 2.45) is 7.05 Å². The zero-order valence-electron chi connectivity index (χ0n) is 17.5. The Hall–Kier alpha value is -4.69. The molecule has 0 saturated carbocycles. The van der Waals surface area contributed by atoms with Gasteiger partial charge in [-0.1, -0.05) is 49.4 Å². The van der Waals surface area contributed by atoms with Crippen LogP contribution >= 0.6 is 0 Å². The van der Waals surface area contributed by atoms with Gasteiger partial charge in [0.05, 0.1) is 18.2 Å². The molecule has 0 aliphatic heterocycles. The molecule has 32 heavy (non-hydrogen) atoms. The lowest BCUT2D eigenvalue weighted by atomic mass is 9.96. The summed E-state index contributed by atoms with van der Waals surface area (Å²) in [4.78, 5) is 20.8. The quantitative estimate of drug-likeness (QED) is 0.455. The molecule has 8 heteroatoms. The third-order valence-corrected chi connectivity index (χ3v) is 5.33. The number of nitrogens with zero attached hydrogens (tertiary/aromatic N) is 5. The summed E-state index contributed by atoms with van der Waals surface area (Å²) in [6.45, 7) is 9.72. The van der Waals surface area contributed by atoms with E-state index in [9.17, 15) is 10.1 Å². The molecular weight excluding hydrogens is 402 g/mol. The molecule has 2 heterocycles. The lowest BCUT2D eigenvalue weighted by Gasteiger charge is -2.10. The van der Waals surface area contributed by atoms with Crippen LogP contribution in [0.1, 0.15) is 28.7 Å². The maximum atomic E-state index is 13.1. The first-order chi connectivity index (χ1) is 15.6. The number of nitrogens with one attached hydrogen (secondary N) is 2. The summed E-state index contributed by atoms with van der Waals surface area (Å²) in [5, 5.41) is 18.5. The Labute approximate surface area is 185 Å². The second kappa shape index (κ2) is 8.58. The number of benzene rings is 2. The van der Waals surface area contributed by atoms with Crippen molar-refractivity contribution in [2.45, 2.75) is 13.3 Å². The van der Waals surface area contributed by atoms with E-state index in [1.807, 2.05) is 49.4 Å². The minimum absolute atomic E-state index is 0.230. The van der Waals surface area contributed by atoms with Gasteiger partial charge in [0.2, 0.25) is 11.6 Å². The Morgan fingerprint density at radius 2 is 1.94 bits per heavy atom. The van der Waals surface area contributed by atoms with Crippen molar-refractivity contribution in [3.05, 3.63) is 83.2 Å². The lowest BCUT2D eigenvalue weighted by molar-refractivity contribution is 0.101. The minimum atomic E-state index is -0.386. The van der Waals surface area contributed by atoms with Crippen LogP contribution in [-0.4, -0.2) is 25.7 Å². The van der Waals surface area contributed by atoms with Crippen LogP contribution < -0.4 is 5.32 Å². The highest BCUT2D eigenvalue weighted by molar-refractivity contribution is 6.10. The number of hydrogen-bond acceptors (Lipinski definition) is 4. The predicted molar refractivity (Wildman–Crippen MR) is 121 cm³/mol. The average molecular weight is 421 g/mol. The summed E-state index contributed by atoms with van der Waals surface area (Å²) in [6, 6.07) is 17.1. The van der Waals surface area contributed by atoms with Crippen molar-refractivity contribution in [2.75, 3.05) is 5.32 Å². The first-order valence-corrected chi connectivity index (χ1v) is 9.94. The van der Waals surface area contributed by atoms with Crippen LogP contribution in [-0.2, 0) is 13.5 Å². The van der Waals surface area contributed by atoms with Gasteiger partial charge < -0.3 is 4.57 Å². The number of anilines is 1. The Morgan fingerprint density at radius 3 is 2.56 bits per heavy atom. The number of hydrogen-bond donors (Lipinski definition) is 2. The molecule has 0 bridgehead atoms. The van der Waals surface area contributed by atoms with Gasteiger partial charge in [0, 0.05) is 18.3 Å². The van der Waals surface area contributed by atoms with Crippen LogP contribution in [0.4, 0.5) is 11.6 Å². The summed E-state index contributed by atoms with van der Waals surface area (Å²) in [6.07, 6.45) is 1.91. The SMILES string of the molecule is [C-]#[N+]c1c(-c2ccc(-c3ccccc3C#N)cc2)c(C(=O)Nc2ncn[nH]2)n(C)c1CC. The van der Waals surface area contributed by atoms with Crippen molar-refractivity contribution in [3.8, 4) is 28.3 Å². The van der Waals surface area contributed by atoms with E-state index in [1.165, 1.54) is 6.33 Å². The van der Waals surface area contributed by atoms with E-state index in [1.54, 1.807) is 17.7 Å². The molecule has 0 spiro atoms. The van der Waals surface area contributed by atoms with E-state index in [2.05, 4.69) is 31.4 Å². The number of amides is 1. The molecule has 2 aromatic heterocycles. The van der Waals surface area contributed by atoms with Crippen molar-refractivity contribution in [1.29, 1.82) is 5.26 Å². The Kier molecular flexibility index (Phi) is 5.52. The molecule has 4 rings (SSSR count). The maximum absolute atomic E-state index is 13.1. The molecule has 0 fully saturated rings. The second-order valence-electron chi connectivity index (χ2n) is 7.07. The molecule has 2 N–H and O–H groups in total. The average Bonchev–Trinajstić information content (AvgIpc) is 3.44. The summed E-state index contributed by atoms with van der Waals surface area (Å²) < 4.78 is 1.76. The number of aromatic nitrogens is 4. The van der Waals surface area contributed by atoms with Crippen molar-refractivity contribution >= 4 is 17.5 Å². The van der Waals surface area contributed by atoms with E-state index in [4.69, 9.17) is 6.57 Å². The van der Waals surface area contributed by atoms with E-state index >= 15 is 0 Å². The first kappa shape index (κ1) is 20.6. The fraction of sp³-hybridized carbons (Fsp3) is 0.125. The van der Waals surface area contributed by atoms with Crippen LogP contribution in [0.3, 0.4) is 0 Å². The molecule has 0 aliphatic carbocycles. The van der Waals surface area contributed by atoms with Gasteiger partial charge in [0.1, 0.15) is 12.0 Å². The monoisotopic (exact) mass is 421 g/mol. The Morgan fingerprint density at radius 1 is 1.22 bits per heavy atom. The molecule has 0 unspecified atom stereocenters. The van der Waals surface area contributed by atoms with Crippen molar-refractivity contribution in [3.63, 3.8) is 0 Å². The van der Waals surface area contributed by atoms with Crippen molar-refractivity contribution in [1.82, 2.24) is 19.7 Å². The van der Waals surface area contributed by atoms with E-state index in [0.29, 0.717) is 28.9 Å². The van der Waals surface area contributed by atoms with Gasteiger partial charge in [-0.05, 0) is 29.2 Å². The molecule has 0 atom stereocenters. The fourth-order valence-electron chi connectivity index (χ4n) is 3.86. The van der Waals surface area contributed by atoms with Crippen LogP contribution in [0.25, 0.3) is 27.1 Å². The molecule has 0 radical (unpaired) electrons. The van der Waals surface area contributed by atoms with Crippen molar-refractivity contribution < 1.29 is 4.79 Å². The zero-order valence-corrected chi connectivity index (χ0v) is 17.5. The number of rotatable bonds is 5. The van der Waals surface area contributed by atoms with Gasteiger partial charge >= 0.3 is 0 Å². The minimum Gasteiger partial charge on any atom is -0.354 e. The molecular formula is C24H19N7O. The van der Waals surface area contributed by atoms with Crippen LogP contribution in [0.15, 0.2) is 54.9 Å².